The first kappa shape index (κ1) is 16.4. The predicted octanol–water partition coefficient (Wildman–Crippen LogP) is 0.763. The number of aromatic nitrogens is 2. The maximum Gasteiger partial charge on any atom is 0.234 e. The fourth-order valence-electron chi connectivity index (χ4n) is 2.63. The fraction of sp³-hybridized carbons (Fsp3) is 0.812. The third kappa shape index (κ3) is 4.75. The molecule has 128 valence electrons. The van der Waals surface area contributed by atoms with Gasteiger partial charge in [-0.25, -0.2) is 0 Å². The molecule has 1 amide bonds. The Balaban J connectivity index is 1.42. The Morgan fingerprint density at radius 3 is 2.43 bits per heavy atom. The maximum atomic E-state index is 11.8. The molecule has 3 rings (SSSR count). The summed E-state index contributed by atoms with van der Waals surface area (Å²) in [6.45, 7) is 11.1. The zero-order chi connectivity index (χ0) is 16.4. The highest BCUT2D eigenvalue weighted by Crippen LogP contribution is 2.20. The van der Waals surface area contributed by atoms with Crippen molar-refractivity contribution in [2.45, 2.75) is 51.6 Å². The molecule has 2 heterocycles. The van der Waals surface area contributed by atoms with Gasteiger partial charge in [0, 0.05) is 37.6 Å². The summed E-state index contributed by atoms with van der Waals surface area (Å²) in [5, 5.41) is 7.12. The van der Waals surface area contributed by atoms with Crippen LogP contribution in [-0.2, 0) is 16.8 Å². The first-order valence-corrected chi connectivity index (χ1v) is 8.47. The first-order chi connectivity index (χ1) is 10.9. The Labute approximate surface area is 137 Å². The highest BCUT2D eigenvalue weighted by atomic mass is 16.5. The second kappa shape index (κ2) is 6.57. The Morgan fingerprint density at radius 1 is 1.22 bits per heavy atom. The van der Waals surface area contributed by atoms with Gasteiger partial charge in [0.1, 0.15) is 0 Å². The van der Waals surface area contributed by atoms with Gasteiger partial charge < -0.3 is 9.84 Å². The zero-order valence-corrected chi connectivity index (χ0v) is 14.3. The van der Waals surface area contributed by atoms with Crippen LogP contribution in [-0.4, -0.2) is 64.6 Å². The Bertz CT molecular complexity index is 539. The van der Waals surface area contributed by atoms with Gasteiger partial charge in [0.15, 0.2) is 5.82 Å². The number of rotatable bonds is 5. The molecular formula is C16H27N5O2. The van der Waals surface area contributed by atoms with E-state index in [0.29, 0.717) is 25.0 Å². The molecule has 2 aliphatic rings. The Kier molecular flexibility index (Phi) is 4.68. The average molecular weight is 321 g/mol. The van der Waals surface area contributed by atoms with E-state index in [-0.39, 0.29) is 11.3 Å². The SMILES string of the molecule is CC(C)(C)c1nc(CN2CCN(CC(=O)NC3CC3)CC2)no1. The third-order valence-corrected chi connectivity index (χ3v) is 4.25. The van der Waals surface area contributed by atoms with Gasteiger partial charge in [-0.1, -0.05) is 25.9 Å². The molecule has 0 bridgehead atoms. The van der Waals surface area contributed by atoms with Crippen molar-refractivity contribution in [3.63, 3.8) is 0 Å². The Morgan fingerprint density at radius 2 is 1.87 bits per heavy atom. The number of amides is 1. The lowest BCUT2D eigenvalue weighted by Gasteiger charge is -2.33. The van der Waals surface area contributed by atoms with Gasteiger partial charge in [-0.15, -0.1) is 0 Å². The van der Waals surface area contributed by atoms with E-state index >= 15 is 0 Å². The summed E-state index contributed by atoms with van der Waals surface area (Å²) in [7, 11) is 0. The van der Waals surface area contributed by atoms with E-state index < -0.39 is 0 Å². The van der Waals surface area contributed by atoms with Crippen LogP contribution in [0.15, 0.2) is 4.52 Å². The van der Waals surface area contributed by atoms with Crippen LogP contribution in [0.4, 0.5) is 0 Å². The lowest BCUT2D eigenvalue weighted by atomic mass is 9.97. The van der Waals surface area contributed by atoms with Crippen molar-refractivity contribution in [1.29, 1.82) is 0 Å². The summed E-state index contributed by atoms with van der Waals surface area (Å²) in [6, 6.07) is 0.444. The summed E-state index contributed by atoms with van der Waals surface area (Å²) < 4.78 is 5.34. The molecule has 1 aromatic rings. The van der Waals surface area contributed by atoms with Gasteiger partial charge in [-0.2, -0.15) is 4.98 Å². The van der Waals surface area contributed by atoms with E-state index in [4.69, 9.17) is 4.52 Å². The van der Waals surface area contributed by atoms with Gasteiger partial charge in [0.05, 0.1) is 13.1 Å². The first-order valence-electron chi connectivity index (χ1n) is 8.47. The van der Waals surface area contributed by atoms with E-state index in [1.807, 2.05) is 0 Å². The number of nitrogens with one attached hydrogen (secondary N) is 1. The van der Waals surface area contributed by atoms with Crippen LogP contribution in [0.3, 0.4) is 0 Å². The second-order valence-electron chi connectivity index (χ2n) is 7.66. The fourth-order valence-corrected chi connectivity index (χ4v) is 2.63. The number of carbonyl (C=O) groups is 1. The van der Waals surface area contributed by atoms with Crippen LogP contribution in [0.1, 0.15) is 45.3 Å². The minimum atomic E-state index is -0.112. The van der Waals surface area contributed by atoms with Crippen LogP contribution >= 0.6 is 0 Å². The molecule has 1 aliphatic heterocycles. The molecule has 2 fully saturated rings. The third-order valence-electron chi connectivity index (χ3n) is 4.25. The van der Waals surface area contributed by atoms with E-state index in [2.05, 4.69) is 46.0 Å². The number of nitrogens with zero attached hydrogens (tertiary/aromatic N) is 4. The minimum Gasteiger partial charge on any atom is -0.352 e. The van der Waals surface area contributed by atoms with Gasteiger partial charge in [-0.05, 0) is 12.8 Å². The summed E-state index contributed by atoms with van der Waals surface area (Å²) in [5.74, 6) is 1.59. The number of hydrogen-bond donors (Lipinski definition) is 1. The lowest BCUT2D eigenvalue weighted by molar-refractivity contribution is -0.122. The summed E-state index contributed by atoms with van der Waals surface area (Å²) in [6.07, 6.45) is 2.28. The second-order valence-corrected chi connectivity index (χ2v) is 7.66. The van der Waals surface area contributed by atoms with Crippen LogP contribution in [0.25, 0.3) is 0 Å². The van der Waals surface area contributed by atoms with Crippen LogP contribution in [0.2, 0.25) is 0 Å². The van der Waals surface area contributed by atoms with Crippen molar-refractivity contribution in [3.8, 4) is 0 Å². The molecule has 0 unspecified atom stereocenters. The van der Waals surface area contributed by atoms with E-state index in [1.165, 1.54) is 0 Å². The molecule has 0 radical (unpaired) electrons. The van der Waals surface area contributed by atoms with Gasteiger partial charge in [-0.3, -0.25) is 14.6 Å². The van der Waals surface area contributed by atoms with E-state index in [0.717, 1.165) is 44.8 Å². The average Bonchev–Trinajstić information content (AvgIpc) is 3.14. The highest BCUT2D eigenvalue weighted by molar-refractivity contribution is 5.78. The molecular weight excluding hydrogens is 294 g/mol. The highest BCUT2D eigenvalue weighted by Gasteiger charge is 2.26. The largest absolute Gasteiger partial charge is 0.352 e. The molecule has 0 atom stereocenters. The molecule has 7 nitrogen and oxygen atoms in total. The van der Waals surface area contributed by atoms with Gasteiger partial charge in [0.25, 0.3) is 0 Å². The predicted molar refractivity (Wildman–Crippen MR) is 85.9 cm³/mol. The zero-order valence-electron chi connectivity index (χ0n) is 14.3. The quantitative estimate of drug-likeness (QED) is 0.863. The van der Waals surface area contributed by atoms with E-state index in [1.54, 1.807) is 0 Å². The normalized spacial score (nSPS) is 20.7. The Hall–Kier alpha value is -1.47. The van der Waals surface area contributed by atoms with E-state index in [9.17, 15) is 4.79 Å². The molecule has 23 heavy (non-hydrogen) atoms. The summed E-state index contributed by atoms with van der Waals surface area (Å²) in [5.41, 5.74) is -0.112. The van der Waals surface area contributed by atoms with Gasteiger partial charge in [0.2, 0.25) is 11.8 Å². The molecule has 1 saturated heterocycles. The molecule has 7 heteroatoms. The van der Waals surface area contributed by atoms with Gasteiger partial charge >= 0.3 is 0 Å². The van der Waals surface area contributed by atoms with Crippen LogP contribution in [0, 0.1) is 0 Å². The summed E-state index contributed by atoms with van der Waals surface area (Å²) >= 11 is 0. The standard InChI is InChI=1S/C16H27N5O2/c1-16(2,3)15-18-13(19-23-15)10-20-6-8-21(9-7-20)11-14(22)17-12-4-5-12/h12H,4-11H2,1-3H3,(H,17,22). The molecule has 0 spiro atoms. The number of carbonyl (C=O) groups excluding carboxylic acids is 1. The van der Waals surface area contributed by atoms with Crippen LogP contribution < -0.4 is 5.32 Å². The number of hydrogen-bond acceptors (Lipinski definition) is 6. The maximum absolute atomic E-state index is 11.8. The van der Waals surface area contributed by atoms with Crippen LogP contribution in [0.5, 0.6) is 0 Å². The van der Waals surface area contributed by atoms with Crippen molar-refractivity contribution in [2.24, 2.45) is 0 Å². The van der Waals surface area contributed by atoms with Crippen molar-refractivity contribution in [1.82, 2.24) is 25.3 Å². The van der Waals surface area contributed by atoms with Crippen molar-refractivity contribution in [2.75, 3.05) is 32.7 Å². The topological polar surface area (TPSA) is 74.5 Å². The van der Waals surface area contributed by atoms with Crippen molar-refractivity contribution in [3.05, 3.63) is 11.7 Å². The molecule has 1 N–H and O–H groups in total. The smallest absolute Gasteiger partial charge is 0.234 e. The molecule has 1 aliphatic carbocycles. The lowest BCUT2D eigenvalue weighted by Crippen LogP contribution is -2.49. The van der Waals surface area contributed by atoms with Crippen molar-refractivity contribution < 1.29 is 9.32 Å². The monoisotopic (exact) mass is 321 g/mol. The molecule has 0 aromatic carbocycles. The summed E-state index contributed by atoms with van der Waals surface area (Å²) in [4.78, 5) is 20.8. The minimum absolute atomic E-state index is 0.112. The van der Waals surface area contributed by atoms with Crippen molar-refractivity contribution >= 4 is 5.91 Å². The molecule has 1 saturated carbocycles. The molecule has 1 aromatic heterocycles. The number of piperazine rings is 1.